The number of rotatable bonds is 5. The van der Waals surface area contributed by atoms with Gasteiger partial charge in [-0.2, -0.15) is 0 Å². The molecule has 0 atom stereocenters. The Morgan fingerprint density at radius 3 is 2.57 bits per heavy atom. The number of Topliss-reactive ketones (excluding diaryl/α,β-unsaturated/α-hetero) is 1. The van der Waals surface area contributed by atoms with Gasteiger partial charge in [0.1, 0.15) is 5.82 Å². The number of hydrogen-bond donors (Lipinski definition) is 0. The first-order valence-electron chi connectivity index (χ1n) is 7.48. The molecule has 23 heavy (non-hydrogen) atoms. The van der Waals surface area contributed by atoms with Crippen molar-refractivity contribution in [1.29, 1.82) is 0 Å². The smallest absolute Gasteiger partial charge is 0.227 e. The number of hydrogen-bond acceptors (Lipinski definition) is 5. The first-order valence-corrected chi connectivity index (χ1v) is 8.47. The molecule has 6 nitrogen and oxygen atoms in total. The quantitative estimate of drug-likeness (QED) is 0.621. The molecule has 2 aromatic rings. The molecule has 3 rings (SSSR count). The van der Waals surface area contributed by atoms with Crippen LogP contribution in [0.1, 0.15) is 29.0 Å². The van der Waals surface area contributed by atoms with Crippen LogP contribution in [0, 0.1) is 6.92 Å². The standard InChI is InChI=1S/C16H18N4O2S/c1-11-17-18-16(19(11)2)23-10-14(21)12-5-7-13(8-6-12)20-9-3-4-15(20)22/h5-8H,3-4,9-10H2,1-2H3. The highest BCUT2D eigenvalue weighted by molar-refractivity contribution is 7.99. The van der Waals surface area contributed by atoms with Crippen LogP contribution in [-0.4, -0.2) is 38.8 Å². The van der Waals surface area contributed by atoms with Crippen molar-refractivity contribution < 1.29 is 9.59 Å². The molecule has 0 unspecified atom stereocenters. The molecule has 1 fully saturated rings. The third-order valence-electron chi connectivity index (χ3n) is 3.96. The van der Waals surface area contributed by atoms with Gasteiger partial charge >= 0.3 is 0 Å². The molecule has 1 aromatic heterocycles. The maximum absolute atomic E-state index is 12.3. The second-order valence-electron chi connectivity index (χ2n) is 5.50. The predicted octanol–water partition coefficient (Wildman–Crippen LogP) is 2.23. The van der Waals surface area contributed by atoms with Gasteiger partial charge in [0, 0.05) is 31.3 Å². The summed E-state index contributed by atoms with van der Waals surface area (Å²) in [6, 6.07) is 7.25. The van der Waals surface area contributed by atoms with Gasteiger partial charge in [0.25, 0.3) is 0 Å². The predicted molar refractivity (Wildman–Crippen MR) is 88.8 cm³/mol. The van der Waals surface area contributed by atoms with Crippen LogP contribution in [0.25, 0.3) is 0 Å². The van der Waals surface area contributed by atoms with E-state index in [9.17, 15) is 9.59 Å². The van der Waals surface area contributed by atoms with Crippen molar-refractivity contribution in [3.05, 3.63) is 35.7 Å². The van der Waals surface area contributed by atoms with E-state index in [1.54, 1.807) is 17.0 Å². The van der Waals surface area contributed by atoms with Crippen LogP contribution in [0.2, 0.25) is 0 Å². The van der Waals surface area contributed by atoms with Crippen LogP contribution in [-0.2, 0) is 11.8 Å². The number of benzene rings is 1. The van der Waals surface area contributed by atoms with E-state index in [0.29, 0.717) is 17.7 Å². The highest BCUT2D eigenvalue weighted by atomic mass is 32.2. The molecule has 7 heteroatoms. The van der Waals surface area contributed by atoms with Gasteiger partial charge in [-0.05, 0) is 37.6 Å². The van der Waals surface area contributed by atoms with Gasteiger partial charge < -0.3 is 9.47 Å². The van der Waals surface area contributed by atoms with E-state index in [-0.39, 0.29) is 11.7 Å². The normalized spacial score (nSPS) is 14.5. The van der Waals surface area contributed by atoms with E-state index in [1.165, 1.54) is 11.8 Å². The van der Waals surface area contributed by atoms with E-state index in [1.807, 2.05) is 30.7 Å². The third-order valence-corrected chi connectivity index (χ3v) is 4.98. The Morgan fingerprint density at radius 1 is 1.26 bits per heavy atom. The maximum atomic E-state index is 12.3. The summed E-state index contributed by atoms with van der Waals surface area (Å²) in [6.07, 6.45) is 1.50. The Labute approximate surface area is 138 Å². The number of anilines is 1. The second-order valence-corrected chi connectivity index (χ2v) is 6.44. The molecule has 0 aliphatic carbocycles. The number of carbonyl (C=O) groups excluding carboxylic acids is 2. The molecule has 1 aliphatic rings. The molecule has 0 saturated carbocycles. The molecule has 1 amide bonds. The van der Waals surface area contributed by atoms with Crippen LogP contribution in [0.3, 0.4) is 0 Å². The fourth-order valence-electron chi connectivity index (χ4n) is 2.48. The van der Waals surface area contributed by atoms with Crippen LogP contribution in [0.5, 0.6) is 0 Å². The number of nitrogens with zero attached hydrogens (tertiary/aromatic N) is 4. The molecule has 1 aromatic carbocycles. The van der Waals surface area contributed by atoms with Gasteiger partial charge in [0.15, 0.2) is 10.9 Å². The summed E-state index contributed by atoms with van der Waals surface area (Å²) in [6.45, 7) is 2.63. The van der Waals surface area contributed by atoms with Crippen molar-refractivity contribution in [1.82, 2.24) is 14.8 Å². The van der Waals surface area contributed by atoms with Crippen molar-refractivity contribution in [2.45, 2.75) is 24.9 Å². The largest absolute Gasteiger partial charge is 0.312 e. The lowest BCUT2D eigenvalue weighted by atomic mass is 10.1. The van der Waals surface area contributed by atoms with Gasteiger partial charge in [-0.15, -0.1) is 10.2 Å². The molecule has 0 N–H and O–H groups in total. The molecule has 0 bridgehead atoms. The fraction of sp³-hybridized carbons (Fsp3) is 0.375. The van der Waals surface area contributed by atoms with Gasteiger partial charge in [-0.25, -0.2) is 0 Å². The first kappa shape index (κ1) is 15.7. The minimum absolute atomic E-state index is 0.0370. The maximum Gasteiger partial charge on any atom is 0.227 e. The zero-order valence-electron chi connectivity index (χ0n) is 13.2. The summed E-state index contributed by atoms with van der Waals surface area (Å²) in [5.74, 6) is 1.32. The van der Waals surface area contributed by atoms with Crippen molar-refractivity contribution in [3.8, 4) is 0 Å². The van der Waals surface area contributed by atoms with Crippen LogP contribution >= 0.6 is 11.8 Å². The second kappa shape index (κ2) is 6.54. The van der Waals surface area contributed by atoms with E-state index < -0.39 is 0 Å². The lowest BCUT2D eigenvalue weighted by Crippen LogP contribution is -2.23. The summed E-state index contributed by atoms with van der Waals surface area (Å²) in [5, 5.41) is 8.74. The van der Waals surface area contributed by atoms with E-state index in [0.717, 1.165) is 29.6 Å². The lowest BCUT2D eigenvalue weighted by Gasteiger charge is -2.15. The highest BCUT2D eigenvalue weighted by Gasteiger charge is 2.21. The van der Waals surface area contributed by atoms with Gasteiger partial charge in [0.05, 0.1) is 5.75 Å². The van der Waals surface area contributed by atoms with E-state index in [4.69, 9.17) is 0 Å². The summed E-state index contributed by atoms with van der Waals surface area (Å²) in [4.78, 5) is 25.8. The summed E-state index contributed by atoms with van der Waals surface area (Å²) < 4.78 is 1.86. The minimum Gasteiger partial charge on any atom is -0.312 e. The SMILES string of the molecule is Cc1nnc(SCC(=O)c2ccc(N3CCCC3=O)cc2)n1C. The number of ketones is 1. The number of thioether (sulfide) groups is 1. The van der Waals surface area contributed by atoms with Gasteiger partial charge in [0.2, 0.25) is 5.91 Å². The first-order chi connectivity index (χ1) is 11.1. The Hall–Kier alpha value is -2.15. The van der Waals surface area contributed by atoms with Crippen molar-refractivity contribution in [3.63, 3.8) is 0 Å². The van der Waals surface area contributed by atoms with Crippen molar-refractivity contribution in [2.24, 2.45) is 7.05 Å². The Bertz CT molecular complexity index is 739. The van der Waals surface area contributed by atoms with E-state index >= 15 is 0 Å². The van der Waals surface area contributed by atoms with Crippen LogP contribution < -0.4 is 4.90 Å². The molecule has 2 heterocycles. The van der Waals surface area contributed by atoms with Crippen LogP contribution in [0.15, 0.2) is 29.4 Å². The molecule has 0 spiro atoms. The highest BCUT2D eigenvalue weighted by Crippen LogP contribution is 2.23. The molecule has 1 aliphatic heterocycles. The number of carbonyl (C=O) groups is 2. The topological polar surface area (TPSA) is 68.1 Å². The Kier molecular flexibility index (Phi) is 4.47. The average molecular weight is 330 g/mol. The number of amides is 1. The monoisotopic (exact) mass is 330 g/mol. The summed E-state index contributed by atoms with van der Waals surface area (Å²) >= 11 is 1.38. The fourth-order valence-corrected chi connectivity index (χ4v) is 3.33. The molecule has 120 valence electrons. The zero-order valence-corrected chi connectivity index (χ0v) is 14.0. The Balaban J connectivity index is 1.63. The van der Waals surface area contributed by atoms with Crippen LogP contribution in [0.4, 0.5) is 5.69 Å². The van der Waals surface area contributed by atoms with Gasteiger partial charge in [-0.1, -0.05) is 11.8 Å². The summed E-state index contributed by atoms with van der Waals surface area (Å²) in [7, 11) is 1.88. The van der Waals surface area contributed by atoms with E-state index in [2.05, 4.69) is 10.2 Å². The number of aromatic nitrogens is 3. The lowest BCUT2D eigenvalue weighted by molar-refractivity contribution is -0.117. The molecular weight excluding hydrogens is 312 g/mol. The minimum atomic E-state index is 0.0370. The number of aryl methyl sites for hydroxylation is 1. The molecular formula is C16H18N4O2S. The third kappa shape index (κ3) is 3.29. The molecule has 1 saturated heterocycles. The van der Waals surface area contributed by atoms with Gasteiger partial charge in [-0.3, -0.25) is 9.59 Å². The van der Waals surface area contributed by atoms with Crippen molar-refractivity contribution >= 4 is 29.1 Å². The Morgan fingerprint density at radius 2 is 2.00 bits per heavy atom. The van der Waals surface area contributed by atoms with Crippen molar-refractivity contribution in [2.75, 3.05) is 17.2 Å². The average Bonchev–Trinajstić information content (AvgIpc) is 3.12. The zero-order chi connectivity index (χ0) is 16.4. The molecule has 0 radical (unpaired) electrons. The summed E-state index contributed by atoms with van der Waals surface area (Å²) in [5.41, 5.74) is 1.51.